The van der Waals surface area contributed by atoms with Crippen LogP contribution in [0.4, 0.5) is 26.5 Å². The molecule has 40 heavy (non-hydrogen) atoms. The number of hydrogen-bond donors (Lipinski definition) is 3. The highest BCUT2D eigenvalue weighted by atomic mass is 19.1. The molecule has 3 heterocycles. The molecule has 13 heteroatoms. The van der Waals surface area contributed by atoms with Gasteiger partial charge in [-0.05, 0) is 65.0 Å². The highest BCUT2D eigenvalue weighted by Crippen LogP contribution is 2.34. The van der Waals surface area contributed by atoms with E-state index < -0.39 is 29.9 Å². The molecule has 3 aromatic heterocycles. The number of fused-ring (bicyclic) bond motifs is 1. The van der Waals surface area contributed by atoms with Gasteiger partial charge in [0.05, 0.1) is 12.3 Å². The zero-order valence-electron chi connectivity index (χ0n) is 22.9. The number of nitrogens with zero attached hydrogens (tertiary/aromatic N) is 5. The van der Waals surface area contributed by atoms with Crippen molar-refractivity contribution in [1.29, 1.82) is 0 Å². The van der Waals surface area contributed by atoms with Crippen molar-refractivity contribution in [2.45, 2.75) is 82.8 Å². The second kappa shape index (κ2) is 10.5. The molecule has 214 valence electrons. The lowest BCUT2D eigenvalue weighted by molar-refractivity contribution is 0.0587. The number of nitrogens with one attached hydrogen (secondary N) is 2. The average molecular weight is 556 g/mol. The van der Waals surface area contributed by atoms with Gasteiger partial charge in [0.25, 0.3) is 11.5 Å². The lowest BCUT2D eigenvalue weighted by Crippen LogP contribution is -2.36. The molecule has 0 bridgehead atoms. The monoisotopic (exact) mass is 555 g/mol. The van der Waals surface area contributed by atoms with Gasteiger partial charge in [-0.25, -0.2) is 14.2 Å². The predicted octanol–water partition coefficient (Wildman–Crippen LogP) is 3.32. The third-order valence-corrected chi connectivity index (χ3v) is 7.14. The number of pyridine rings is 1. The topological polar surface area (TPSA) is 143 Å². The number of halogens is 1. The molecule has 0 saturated heterocycles. The number of ether oxygens (including phenoxy) is 1. The van der Waals surface area contributed by atoms with Crippen molar-refractivity contribution < 1.29 is 23.8 Å². The first kappa shape index (κ1) is 27.6. The summed E-state index contributed by atoms with van der Waals surface area (Å²) in [5.41, 5.74) is -0.568. The SMILES string of the molecule is CN(C(=O)OC(C)(C)C)c1cc(Nc2cccn([C@H]3C[C@H](F)C3)c2=O)nc2c(C(=O)NC3CC[C@@H](O)C3)cnn12. The number of carbonyl (C=O) groups is 2. The van der Waals surface area contributed by atoms with Gasteiger partial charge in [0.1, 0.15) is 34.7 Å². The molecule has 2 aliphatic carbocycles. The van der Waals surface area contributed by atoms with E-state index in [1.807, 2.05) is 0 Å². The summed E-state index contributed by atoms with van der Waals surface area (Å²) >= 11 is 0. The minimum atomic E-state index is -0.914. The number of hydrogen-bond acceptors (Lipinski definition) is 8. The molecule has 0 aliphatic heterocycles. The number of aromatic nitrogens is 4. The quantitative estimate of drug-likeness (QED) is 0.420. The zero-order valence-corrected chi connectivity index (χ0v) is 22.9. The fourth-order valence-electron chi connectivity index (χ4n) is 4.97. The molecule has 0 aromatic carbocycles. The van der Waals surface area contributed by atoms with Crippen LogP contribution >= 0.6 is 0 Å². The Morgan fingerprint density at radius 3 is 2.62 bits per heavy atom. The van der Waals surface area contributed by atoms with Crippen LogP contribution in [0.15, 0.2) is 35.4 Å². The number of alkyl halides is 1. The smallest absolute Gasteiger partial charge is 0.415 e. The van der Waals surface area contributed by atoms with Gasteiger partial charge in [-0.1, -0.05) is 0 Å². The van der Waals surface area contributed by atoms with Crippen molar-refractivity contribution in [3.63, 3.8) is 0 Å². The van der Waals surface area contributed by atoms with Crippen LogP contribution in [0.5, 0.6) is 0 Å². The molecule has 0 radical (unpaired) electrons. The van der Waals surface area contributed by atoms with Crippen molar-refractivity contribution in [3.8, 4) is 0 Å². The van der Waals surface area contributed by atoms with Crippen LogP contribution in [-0.2, 0) is 4.74 Å². The molecular weight excluding hydrogens is 521 g/mol. The van der Waals surface area contributed by atoms with Crippen LogP contribution in [0.1, 0.15) is 69.3 Å². The first-order chi connectivity index (χ1) is 18.9. The molecule has 2 fully saturated rings. The molecule has 2 atom stereocenters. The van der Waals surface area contributed by atoms with E-state index in [9.17, 15) is 23.9 Å². The second-order valence-corrected chi connectivity index (χ2v) is 11.5. The van der Waals surface area contributed by atoms with E-state index in [-0.39, 0.29) is 59.0 Å². The summed E-state index contributed by atoms with van der Waals surface area (Å²) in [6, 6.07) is 4.41. The maximum Gasteiger partial charge on any atom is 0.415 e. The summed E-state index contributed by atoms with van der Waals surface area (Å²) in [6.07, 6.45) is 3.26. The van der Waals surface area contributed by atoms with E-state index in [0.29, 0.717) is 19.3 Å². The summed E-state index contributed by atoms with van der Waals surface area (Å²) in [4.78, 5) is 45.1. The molecule has 12 nitrogen and oxygen atoms in total. The molecule has 2 saturated carbocycles. The maximum absolute atomic E-state index is 13.5. The summed E-state index contributed by atoms with van der Waals surface area (Å²) in [6.45, 7) is 5.24. The Hall–Kier alpha value is -4.00. The minimum Gasteiger partial charge on any atom is -0.443 e. The average Bonchev–Trinajstić information content (AvgIpc) is 3.47. The molecule has 3 N–H and O–H groups in total. The Kier molecular flexibility index (Phi) is 7.25. The predicted molar refractivity (Wildman–Crippen MR) is 146 cm³/mol. The molecular formula is C27H34FN7O5. The first-order valence-electron chi connectivity index (χ1n) is 13.4. The Morgan fingerprint density at radius 1 is 1.23 bits per heavy atom. The van der Waals surface area contributed by atoms with Gasteiger partial charge in [0.2, 0.25) is 0 Å². The number of amides is 2. The molecule has 0 spiro atoms. The number of aliphatic hydroxyl groups is 1. The fourth-order valence-corrected chi connectivity index (χ4v) is 4.97. The fraction of sp³-hybridized carbons (Fsp3) is 0.519. The van der Waals surface area contributed by atoms with Crippen LogP contribution in [0.3, 0.4) is 0 Å². The second-order valence-electron chi connectivity index (χ2n) is 11.5. The molecule has 3 aromatic rings. The Bertz CT molecular complexity index is 1490. The maximum atomic E-state index is 13.5. The van der Waals surface area contributed by atoms with Crippen molar-refractivity contribution in [3.05, 3.63) is 46.5 Å². The van der Waals surface area contributed by atoms with E-state index in [2.05, 4.69) is 20.7 Å². The molecule has 2 aliphatic rings. The van der Waals surface area contributed by atoms with Crippen molar-refractivity contribution in [2.75, 3.05) is 17.3 Å². The third kappa shape index (κ3) is 5.64. The minimum absolute atomic E-state index is 0.155. The van der Waals surface area contributed by atoms with Gasteiger partial charge in [0, 0.05) is 31.4 Å². The van der Waals surface area contributed by atoms with E-state index in [1.54, 1.807) is 39.1 Å². The van der Waals surface area contributed by atoms with Crippen molar-refractivity contribution >= 4 is 35.0 Å². The van der Waals surface area contributed by atoms with Gasteiger partial charge in [-0.3, -0.25) is 14.5 Å². The lowest BCUT2D eigenvalue weighted by atomic mass is 9.90. The molecule has 1 unspecified atom stereocenters. The number of aliphatic hydroxyl groups excluding tert-OH is 1. The largest absolute Gasteiger partial charge is 0.443 e. The third-order valence-electron chi connectivity index (χ3n) is 7.14. The van der Waals surface area contributed by atoms with Crippen LogP contribution < -0.4 is 21.1 Å². The van der Waals surface area contributed by atoms with Crippen LogP contribution in [0.2, 0.25) is 0 Å². The Labute approximate surface area is 230 Å². The van der Waals surface area contributed by atoms with Crippen LogP contribution in [-0.4, -0.2) is 67.2 Å². The van der Waals surface area contributed by atoms with E-state index in [1.165, 1.54) is 33.3 Å². The first-order valence-corrected chi connectivity index (χ1v) is 13.4. The number of rotatable bonds is 6. The summed E-state index contributed by atoms with van der Waals surface area (Å²) < 4.78 is 21.8. The van der Waals surface area contributed by atoms with Gasteiger partial charge in [-0.15, -0.1) is 0 Å². The zero-order chi connectivity index (χ0) is 28.8. The highest BCUT2D eigenvalue weighted by Gasteiger charge is 2.31. The normalized spacial score (nSPS) is 22.6. The summed E-state index contributed by atoms with van der Waals surface area (Å²) in [5, 5.41) is 20.1. The molecule has 5 rings (SSSR count). The Morgan fingerprint density at radius 2 is 1.98 bits per heavy atom. The van der Waals surface area contributed by atoms with Crippen molar-refractivity contribution in [1.82, 2.24) is 24.5 Å². The van der Waals surface area contributed by atoms with Gasteiger partial charge in [-0.2, -0.15) is 9.61 Å². The number of carbonyl (C=O) groups excluding carboxylic acids is 2. The molecule has 2 amide bonds. The standard InChI is InChI=1S/C27H34FN7O5/c1-27(2,3)40-26(39)33(4)22-13-21(31-20-6-5-9-34(25(20)38)17-10-15(28)11-17)32-23-19(14-29-35(22)23)24(37)30-16-7-8-18(36)12-16/h5-6,9,13-18,36H,7-8,10-12H2,1-4H3,(H,30,37)(H,31,32)/t15-,16?,17-,18-/m1/s1. The highest BCUT2D eigenvalue weighted by molar-refractivity contribution is 6.00. The van der Waals surface area contributed by atoms with Crippen molar-refractivity contribution in [2.24, 2.45) is 0 Å². The van der Waals surface area contributed by atoms with Gasteiger partial charge >= 0.3 is 6.09 Å². The van der Waals surface area contributed by atoms with Gasteiger partial charge in [0.15, 0.2) is 5.65 Å². The summed E-state index contributed by atoms with van der Waals surface area (Å²) in [7, 11) is 1.51. The van der Waals surface area contributed by atoms with E-state index in [0.717, 1.165) is 0 Å². The lowest BCUT2D eigenvalue weighted by Gasteiger charge is -2.31. The van der Waals surface area contributed by atoms with Crippen LogP contribution in [0, 0.1) is 0 Å². The Balaban J connectivity index is 1.52. The van der Waals surface area contributed by atoms with E-state index in [4.69, 9.17) is 4.74 Å². The number of anilines is 3. The van der Waals surface area contributed by atoms with Crippen LogP contribution in [0.25, 0.3) is 5.65 Å². The van der Waals surface area contributed by atoms with Gasteiger partial charge < -0.3 is 25.0 Å². The van der Waals surface area contributed by atoms with E-state index >= 15 is 0 Å². The summed E-state index contributed by atoms with van der Waals surface area (Å²) in [5.74, 6) is 0.0145.